The van der Waals surface area contributed by atoms with Crippen molar-refractivity contribution in [1.29, 1.82) is 0 Å². The summed E-state index contributed by atoms with van der Waals surface area (Å²) in [7, 11) is 1.70. The Labute approximate surface area is 138 Å². The molecule has 23 heavy (non-hydrogen) atoms. The number of benzene rings is 1. The third kappa shape index (κ3) is 3.15. The highest BCUT2D eigenvalue weighted by Crippen LogP contribution is 2.35. The molecule has 126 valence electrons. The fourth-order valence-corrected chi connectivity index (χ4v) is 3.63. The molecule has 0 aromatic heterocycles. The largest absolute Gasteiger partial charge is 0.495 e. The van der Waals surface area contributed by atoms with Gasteiger partial charge in [-0.2, -0.15) is 0 Å². The van der Waals surface area contributed by atoms with Gasteiger partial charge in [0.2, 0.25) is 5.91 Å². The molecule has 2 saturated heterocycles. The van der Waals surface area contributed by atoms with Crippen LogP contribution in [-0.4, -0.2) is 56.3 Å². The van der Waals surface area contributed by atoms with Crippen molar-refractivity contribution >= 4 is 11.6 Å². The van der Waals surface area contributed by atoms with Gasteiger partial charge in [-0.05, 0) is 32.4 Å². The number of anilines is 1. The number of piperazine rings is 1. The summed E-state index contributed by atoms with van der Waals surface area (Å²) >= 11 is 0. The Bertz CT molecular complexity index is 567. The Morgan fingerprint density at radius 2 is 2.09 bits per heavy atom. The van der Waals surface area contributed by atoms with E-state index in [-0.39, 0.29) is 17.4 Å². The first-order valence-corrected chi connectivity index (χ1v) is 8.30. The van der Waals surface area contributed by atoms with Crippen molar-refractivity contribution in [2.24, 2.45) is 5.92 Å². The Morgan fingerprint density at radius 1 is 1.30 bits per heavy atom. The average molecular weight is 318 g/mol. The maximum absolute atomic E-state index is 12.7. The van der Waals surface area contributed by atoms with Crippen LogP contribution in [0, 0.1) is 5.92 Å². The topological polar surface area (TPSA) is 42.0 Å². The summed E-state index contributed by atoms with van der Waals surface area (Å²) in [6, 6.07) is 8.08. The van der Waals surface area contributed by atoms with Gasteiger partial charge in [0.15, 0.2) is 0 Å². The number of methoxy groups -OCH3 is 1. The Kier molecular flexibility index (Phi) is 4.48. The molecule has 2 fully saturated rings. The van der Waals surface area contributed by atoms with Crippen molar-refractivity contribution in [3.8, 4) is 5.75 Å². The minimum absolute atomic E-state index is 0.0450. The van der Waals surface area contributed by atoms with Crippen molar-refractivity contribution in [3.63, 3.8) is 0 Å². The predicted octanol–water partition coefficient (Wildman–Crippen LogP) is 2.16. The number of carbonyl (C=O) groups excluding carboxylic acids is 1. The van der Waals surface area contributed by atoms with Gasteiger partial charge in [-0.1, -0.05) is 12.1 Å². The van der Waals surface area contributed by atoms with Gasteiger partial charge in [-0.15, -0.1) is 0 Å². The molecule has 5 nitrogen and oxygen atoms in total. The first kappa shape index (κ1) is 16.1. The van der Waals surface area contributed by atoms with Gasteiger partial charge in [0.05, 0.1) is 30.9 Å². The number of amides is 1. The molecule has 0 aliphatic carbocycles. The van der Waals surface area contributed by atoms with Crippen LogP contribution in [0.15, 0.2) is 24.3 Å². The van der Waals surface area contributed by atoms with E-state index in [1.54, 1.807) is 7.11 Å². The number of rotatable bonds is 3. The normalized spacial score (nSPS) is 23.9. The second-order valence-corrected chi connectivity index (χ2v) is 6.96. The molecule has 2 heterocycles. The quantitative estimate of drug-likeness (QED) is 0.856. The van der Waals surface area contributed by atoms with E-state index in [4.69, 9.17) is 9.47 Å². The van der Waals surface area contributed by atoms with Crippen molar-refractivity contribution < 1.29 is 14.3 Å². The lowest BCUT2D eigenvalue weighted by molar-refractivity contribution is -0.137. The molecular weight excluding hydrogens is 292 g/mol. The third-order valence-corrected chi connectivity index (χ3v) is 4.87. The van der Waals surface area contributed by atoms with Crippen LogP contribution in [0.1, 0.15) is 20.3 Å². The van der Waals surface area contributed by atoms with E-state index in [1.165, 1.54) is 0 Å². The molecule has 2 aliphatic heterocycles. The molecular formula is C18H26N2O3. The van der Waals surface area contributed by atoms with Gasteiger partial charge in [-0.25, -0.2) is 0 Å². The number of hydrogen-bond acceptors (Lipinski definition) is 4. The van der Waals surface area contributed by atoms with Crippen LogP contribution in [-0.2, 0) is 9.53 Å². The highest BCUT2D eigenvalue weighted by Gasteiger charge is 2.39. The number of para-hydroxylation sites is 2. The summed E-state index contributed by atoms with van der Waals surface area (Å²) in [5.74, 6) is 1.17. The molecule has 0 radical (unpaired) electrons. The monoisotopic (exact) mass is 318 g/mol. The van der Waals surface area contributed by atoms with Gasteiger partial charge in [0, 0.05) is 26.2 Å². The molecule has 0 spiro atoms. The summed E-state index contributed by atoms with van der Waals surface area (Å²) in [5, 5.41) is 0. The van der Waals surface area contributed by atoms with Crippen LogP contribution in [0.2, 0.25) is 0 Å². The summed E-state index contributed by atoms with van der Waals surface area (Å²) in [6.07, 6.45) is 0.853. The Balaban J connectivity index is 1.76. The Morgan fingerprint density at radius 3 is 2.74 bits per heavy atom. The fraction of sp³-hybridized carbons (Fsp3) is 0.611. The lowest BCUT2D eigenvalue weighted by atomic mass is 9.96. The molecule has 3 rings (SSSR count). The van der Waals surface area contributed by atoms with Crippen LogP contribution in [0.25, 0.3) is 0 Å². The zero-order valence-corrected chi connectivity index (χ0v) is 14.2. The van der Waals surface area contributed by atoms with E-state index in [0.29, 0.717) is 13.2 Å². The summed E-state index contributed by atoms with van der Waals surface area (Å²) in [4.78, 5) is 17.0. The van der Waals surface area contributed by atoms with Crippen molar-refractivity contribution in [2.45, 2.75) is 25.8 Å². The van der Waals surface area contributed by atoms with Crippen molar-refractivity contribution in [2.75, 3.05) is 44.9 Å². The van der Waals surface area contributed by atoms with E-state index in [2.05, 4.69) is 24.8 Å². The molecule has 1 atom stereocenters. The van der Waals surface area contributed by atoms with E-state index in [0.717, 1.165) is 37.5 Å². The first-order valence-electron chi connectivity index (χ1n) is 8.30. The number of nitrogens with zero attached hydrogens (tertiary/aromatic N) is 2. The molecule has 5 heteroatoms. The van der Waals surface area contributed by atoms with Crippen molar-refractivity contribution in [1.82, 2.24) is 4.90 Å². The van der Waals surface area contributed by atoms with Gasteiger partial charge in [-0.3, -0.25) is 4.79 Å². The molecule has 0 saturated carbocycles. The minimum atomic E-state index is -0.137. The average Bonchev–Trinajstić information content (AvgIpc) is 3.07. The van der Waals surface area contributed by atoms with Gasteiger partial charge in [0.25, 0.3) is 0 Å². The standard InChI is InChI=1S/C18H26N2O3/c1-18(2)13-19(17(21)14-8-11-23-12-14)9-10-20(18)15-6-4-5-7-16(15)22-3/h4-7,14H,8-13H2,1-3H3. The van der Waals surface area contributed by atoms with E-state index >= 15 is 0 Å². The lowest BCUT2D eigenvalue weighted by Crippen LogP contribution is -2.61. The third-order valence-electron chi connectivity index (χ3n) is 4.87. The number of carbonyl (C=O) groups is 1. The maximum Gasteiger partial charge on any atom is 0.228 e. The maximum atomic E-state index is 12.7. The Hall–Kier alpha value is -1.75. The second kappa shape index (κ2) is 6.40. The fourth-order valence-electron chi connectivity index (χ4n) is 3.63. The van der Waals surface area contributed by atoms with Crippen LogP contribution in [0.3, 0.4) is 0 Å². The smallest absolute Gasteiger partial charge is 0.228 e. The predicted molar refractivity (Wildman–Crippen MR) is 89.9 cm³/mol. The van der Waals surface area contributed by atoms with E-state index < -0.39 is 0 Å². The second-order valence-electron chi connectivity index (χ2n) is 6.96. The van der Waals surface area contributed by atoms with E-state index in [1.807, 2.05) is 23.1 Å². The lowest BCUT2D eigenvalue weighted by Gasteiger charge is -2.49. The minimum Gasteiger partial charge on any atom is -0.495 e. The molecule has 1 amide bonds. The molecule has 1 unspecified atom stereocenters. The zero-order valence-electron chi connectivity index (χ0n) is 14.2. The molecule has 1 aromatic rings. The summed E-state index contributed by atoms with van der Waals surface area (Å²) in [6.45, 7) is 7.94. The van der Waals surface area contributed by atoms with Gasteiger partial charge < -0.3 is 19.3 Å². The van der Waals surface area contributed by atoms with Crippen molar-refractivity contribution in [3.05, 3.63) is 24.3 Å². The molecule has 0 N–H and O–H groups in total. The van der Waals surface area contributed by atoms with Crippen LogP contribution in [0.5, 0.6) is 5.75 Å². The molecule has 0 bridgehead atoms. The van der Waals surface area contributed by atoms with Gasteiger partial charge >= 0.3 is 0 Å². The van der Waals surface area contributed by atoms with E-state index in [9.17, 15) is 4.79 Å². The van der Waals surface area contributed by atoms with Gasteiger partial charge in [0.1, 0.15) is 5.75 Å². The SMILES string of the molecule is COc1ccccc1N1CCN(C(=O)C2CCOC2)CC1(C)C. The van der Waals surface area contributed by atoms with Crippen LogP contribution >= 0.6 is 0 Å². The first-order chi connectivity index (χ1) is 11.0. The number of ether oxygens (including phenoxy) is 2. The highest BCUT2D eigenvalue weighted by molar-refractivity contribution is 5.80. The molecule has 2 aliphatic rings. The highest BCUT2D eigenvalue weighted by atomic mass is 16.5. The zero-order chi connectivity index (χ0) is 16.4. The number of hydrogen-bond donors (Lipinski definition) is 0. The van der Waals surface area contributed by atoms with Crippen LogP contribution in [0.4, 0.5) is 5.69 Å². The van der Waals surface area contributed by atoms with Crippen LogP contribution < -0.4 is 9.64 Å². The molecule has 1 aromatic carbocycles. The summed E-state index contributed by atoms with van der Waals surface area (Å²) < 4.78 is 10.9. The summed E-state index contributed by atoms with van der Waals surface area (Å²) in [5.41, 5.74) is 0.957.